The van der Waals surface area contributed by atoms with Crippen molar-refractivity contribution in [3.8, 4) is 11.3 Å². The molecule has 0 unspecified atom stereocenters. The first-order valence-electron chi connectivity index (χ1n) is 12.4. The summed E-state index contributed by atoms with van der Waals surface area (Å²) in [6, 6.07) is 17.8. The van der Waals surface area contributed by atoms with Crippen LogP contribution in [-0.4, -0.2) is 77.7 Å². The van der Waals surface area contributed by atoms with E-state index in [1.54, 1.807) is 0 Å². The summed E-state index contributed by atoms with van der Waals surface area (Å²) in [5.41, 5.74) is 4.18. The fraction of sp³-hybridized carbons (Fsp3) is 0.393. The summed E-state index contributed by atoms with van der Waals surface area (Å²) in [5, 5.41) is 0.860. The Labute approximate surface area is 201 Å². The fourth-order valence-corrected chi connectivity index (χ4v) is 5.20. The van der Waals surface area contributed by atoms with Crippen LogP contribution < -0.4 is 0 Å². The lowest BCUT2D eigenvalue weighted by molar-refractivity contribution is -0.136. The molecule has 0 radical (unpaired) electrons. The van der Waals surface area contributed by atoms with Crippen LogP contribution in [0.15, 0.2) is 54.6 Å². The molecule has 5 rings (SSSR count). The molecule has 2 aliphatic heterocycles. The predicted molar refractivity (Wildman–Crippen MR) is 135 cm³/mol. The summed E-state index contributed by atoms with van der Waals surface area (Å²) in [6.07, 6.45) is 4.81. The molecule has 2 fully saturated rings. The summed E-state index contributed by atoms with van der Waals surface area (Å²) in [5.74, 6) is 0.172. The van der Waals surface area contributed by atoms with E-state index in [0.29, 0.717) is 18.7 Å². The Bertz CT molecular complexity index is 1160. The van der Waals surface area contributed by atoms with Crippen molar-refractivity contribution < 1.29 is 9.59 Å². The number of hydrogen-bond acceptors (Lipinski definition) is 5. The molecule has 3 heterocycles. The van der Waals surface area contributed by atoms with Crippen molar-refractivity contribution in [2.24, 2.45) is 0 Å². The summed E-state index contributed by atoms with van der Waals surface area (Å²) >= 11 is 0. The molecule has 176 valence electrons. The zero-order chi connectivity index (χ0) is 23.3. The average Bonchev–Trinajstić information content (AvgIpc) is 2.89. The highest BCUT2D eigenvalue weighted by atomic mass is 16.2. The molecule has 0 atom stereocenters. The molecule has 2 saturated heterocycles. The van der Waals surface area contributed by atoms with Gasteiger partial charge in [0.05, 0.1) is 17.8 Å². The van der Waals surface area contributed by atoms with Gasteiger partial charge in [-0.1, -0.05) is 55.0 Å². The molecule has 6 nitrogen and oxygen atoms in total. The zero-order valence-electron chi connectivity index (χ0n) is 19.7. The number of carbonyl (C=O) groups is 2. The van der Waals surface area contributed by atoms with E-state index >= 15 is 0 Å². The molecule has 34 heavy (non-hydrogen) atoms. The Hall–Kier alpha value is -3.09. The zero-order valence-corrected chi connectivity index (χ0v) is 19.7. The summed E-state index contributed by atoms with van der Waals surface area (Å²) in [6.45, 7) is 6.50. The maximum atomic E-state index is 13.0. The molecule has 2 aliphatic rings. The van der Waals surface area contributed by atoms with Crippen molar-refractivity contribution >= 4 is 23.1 Å². The van der Waals surface area contributed by atoms with Crippen molar-refractivity contribution in [3.63, 3.8) is 0 Å². The normalized spacial score (nSPS) is 17.9. The SMILES string of the molecule is O=Cc1c(CN2CCN(CCN3CCCCC3)C(=O)C2)c(-c2ccccc2)nc2ccccc12. The van der Waals surface area contributed by atoms with Gasteiger partial charge in [-0.05, 0) is 32.0 Å². The van der Waals surface area contributed by atoms with Gasteiger partial charge in [0.1, 0.15) is 0 Å². The third kappa shape index (κ3) is 4.88. The molecular weight excluding hydrogens is 424 g/mol. The van der Waals surface area contributed by atoms with Gasteiger partial charge < -0.3 is 9.80 Å². The van der Waals surface area contributed by atoms with Gasteiger partial charge in [-0.2, -0.15) is 0 Å². The van der Waals surface area contributed by atoms with E-state index in [2.05, 4.69) is 9.80 Å². The molecule has 1 amide bonds. The van der Waals surface area contributed by atoms with Crippen LogP contribution in [0, 0.1) is 0 Å². The minimum Gasteiger partial charge on any atom is -0.339 e. The van der Waals surface area contributed by atoms with Crippen molar-refractivity contribution in [1.82, 2.24) is 19.7 Å². The maximum Gasteiger partial charge on any atom is 0.236 e. The molecule has 0 N–H and O–H groups in total. The lowest BCUT2D eigenvalue weighted by Crippen LogP contribution is -2.52. The number of benzene rings is 2. The molecule has 2 aromatic carbocycles. The number of carbonyl (C=O) groups excluding carboxylic acids is 2. The lowest BCUT2D eigenvalue weighted by atomic mass is 9.96. The molecule has 0 saturated carbocycles. The van der Waals surface area contributed by atoms with Gasteiger partial charge in [0, 0.05) is 54.8 Å². The number of amides is 1. The standard InChI is InChI=1S/C28H32N4O2/c33-21-25-23-11-5-6-12-26(23)29-28(22-9-3-1-4-10-22)24(25)19-31-16-18-32(27(34)20-31)17-15-30-13-7-2-8-14-30/h1,3-6,9-12,21H,2,7-8,13-20H2. The number of pyridine rings is 1. The third-order valence-corrected chi connectivity index (χ3v) is 7.12. The summed E-state index contributed by atoms with van der Waals surface area (Å²) < 4.78 is 0. The molecule has 0 bridgehead atoms. The van der Waals surface area contributed by atoms with Crippen LogP contribution in [0.2, 0.25) is 0 Å². The maximum absolute atomic E-state index is 13.0. The Morgan fingerprint density at radius 2 is 1.59 bits per heavy atom. The van der Waals surface area contributed by atoms with E-state index in [-0.39, 0.29) is 5.91 Å². The van der Waals surface area contributed by atoms with E-state index in [9.17, 15) is 9.59 Å². The van der Waals surface area contributed by atoms with Crippen molar-refractivity contribution in [2.45, 2.75) is 25.8 Å². The quantitative estimate of drug-likeness (QED) is 0.506. The second kappa shape index (κ2) is 10.5. The van der Waals surface area contributed by atoms with Gasteiger partial charge in [-0.25, -0.2) is 4.98 Å². The third-order valence-electron chi connectivity index (χ3n) is 7.12. The van der Waals surface area contributed by atoms with E-state index in [1.165, 1.54) is 19.3 Å². The first-order valence-corrected chi connectivity index (χ1v) is 12.4. The van der Waals surface area contributed by atoms with E-state index in [0.717, 1.165) is 73.3 Å². The molecule has 3 aromatic rings. The fourth-order valence-electron chi connectivity index (χ4n) is 5.20. The lowest BCUT2D eigenvalue weighted by Gasteiger charge is -2.36. The van der Waals surface area contributed by atoms with Gasteiger partial charge in [-0.3, -0.25) is 14.5 Å². The van der Waals surface area contributed by atoms with E-state index in [4.69, 9.17) is 4.98 Å². The van der Waals surface area contributed by atoms with Crippen LogP contribution >= 0.6 is 0 Å². The van der Waals surface area contributed by atoms with Crippen molar-refractivity contribution in [1.29, 1.82) is 0 Å². The number of aldehydes is 1. The topological polar surface area (TPSA) is 56.8 Å². The highest BCUT2D eigenvalue weighted by Gasteiger charge is 2.26. The molecule has 0 aliphatic carbocycles. The highest BCUT2D eigenvalue weighted by molar-refractivity contribution is 6.00. The number of piperazine rings is 1. The molecule has 1 aromatic heterocycles. The Kier molecular flexibility index (Phi) is 6.97. The van der Waals surface area contributed by atoms with Crippen LogP contribution in [0.4, 0.5) is 0 Å². The second-order valence-electron chi connectivity index (χ2n) is 9.35. The van der Waals surface area contributed by atoms with Crippen LogP contribution in [0.25, 0.3) is 22.2 Å². The van der Waals surface area contributed by atoms with Gasteiger partial charge in [0.15, 0.2) is 6.29 Å². The highest BCUT2D eigenvalue weighted by Crippen LogP contribution is 2.30. The number of aromatic nitrogens is 1. The van der Waals surface area contributed by atoms with Gasteiger partial charge >= 0.3 is 0 Å². The van der Waals surface area contributed by atoms with Crippen molar-refractivity contribution in [2.75, 3.05) is 45.8 Å². The van der Waals surface area contributed by atoms with Crippen LogP contribution in [0.5, 0.6) is 0 Å². The predicted octanol–water partition coefficient (Wildman–Crippen LogP) is 3.84. The Morgan fingerprint density at radius 1 is 0.824 bits per heavy atom. The number of nitrogens with zero attached hydrogens (tertiary/aromatic N) is 4. The minimum absolute atomic E-state index is 0.172. The monoisotopic (exact) mass is 456 g/mol. The Morgan fingerprint density at radius 3 is 2.35 bits per heavy atom. The summed E-state index contributed by atoms with van der Waals surface area (Å²) in [4.78, 5) is 36.8. The Balaban J connectivity index is 1.36. The van der Waals surface area contributed by atoms with Gasteiger partial charge in [0.2, 0.25) is 5.91 Å². The number of fused-ring (bicyclic) bond motifs is 1. The first kappa shape index (κ1) is 22.7. The average molecular weight is 457 g/mol. The van der Waals surface area contributed by atoms with Crippen LogP contribution in [0.1, 0.15) is 35.2 Å². The minimum atomic E-state index is 0.172. The number of para-hydroxylation sites is 1. The van der Waals surface area contributed by atoms with E-state index in [1.807, 2.05) is 59.5 Å². The largest absolute Gasteiger partial charge is 0.339 e. The summed E-state index contributed by atoms with van der Waals surface area (Å²) in [7, 11) is 0. The number of hydrogen-bond donors (Lipinski definition) is 0. The first-order chi connectivity index (χ1) is 16.7. The number of likely N-dealkylation sites (tertiary alicyclic amines) is 1. The van der Waals surface area contributed by atoms with E-state index < -0.39 is 0 Å². The smallest absolute Gasteiger partial charge is 0.236 e. The van der Waals surface area contributed by atoms with Gasteiger partial charge in [0.25, 0.3) is 0 Å². The number of piperidine rings is 1. The number of rotatable bonds is 7. The molecule has 0 spiro atoms. The second-order valence-corrected chi connectivity index (χ2v) is 9.35. The molecular formula is C28H32N4O2. The molecule has 6 heteroatoms. The van der Waals surface area contributed by atoms with Crippen molar-refractivity contribution in [3.05, 3.63) is 65.7 Å². The van der Waals surface area contributed by atoms with Crippen LogP contribution in [-0.2, 0) is 11.3 Å². The van der Waals surface area contributed by atoms with Crippen LogP contribution in [0.3, 0.4) is 0 Å². The van der Waals surface area contributed by atoms with Gasteiger partial charge in [-0.15, -0.1) is 0 Å².